The van der Waals surface area contributed by atoms with Gasteiger partial charge >= 0.3 is 0 Å². The van der Waals surface area contributed by atoms with Crippen molar-refractivity contribution in [3.63, 3.8) is 0 Å². The van der Waals surface area contributed by atoms with Crippen LogP contribution >= 0.6 is 0 Å². The van der Waals surface area contributed by atoms with Crippen LogP contribution in [0.1, 0.15) is 18.1 Å². The molecule has 0 aliphatic carbocycles. The molecule has 0 aromatic heterocycles. The number of halogens is 1. The summed E-state index contributed by atoms with van der Waals surface area (Å²) in [6, 6.07) is 19.2. The van der Waals surface area contributed by atoms with Gasteiger partial charge < -0.3 is 15.2 Å². The van der Waals surface area contributed by atoms with Crippen molar-refractivity contribution >= 4 is 5.91 Å². The fourth-order valence-corrected chi connectivity index (χ4v) is 2.97. The molecule has 0 fully saturated rings. The molecule has 0 unspecified atom stereocenters. The number of nitrogens with one attached hydrogen (secondary N) is 1. The molecule has 0 radical (unpaired) electrons. The molecule has 0 spiro atoms. The van der Waals surface area contributed by atoms with E-state index in [4.69, 9.17) is 4.74 Å². The molecule has 0 aliphatic heterocycles. The Labute approximate surface area is 163 Å². The van der Waals surface area contributed by atoms with E-state index >= 15 is 0 Å². The van der Waals surface area contributed by atoms with E-state index in [2.05, 4.69) is 5.32 Å². The topological polar surface area (TPSA) is 58.6 Å². The lowest BCUT2D eigenvalue weighted by molar-refractivity contribution is -0.118. The molecule has 4 nitrogen and oxygen atoms in total. The second-order valence-corrected chi connectivity index (χ2v) is 6.49. The van der Waals surface area contributed by atoms with E-state index in [0.29, 0.717) is 36.4 Å². The SMILES string of the molecule is CC(=O)NCCc1cc(OCc2ccccc2)c(O)cc1-c1cccc(F)c1. The zero-order chi connectivity index (χ0) is 19.9. The number of aromatic hydroxyl groups is 1. The highest BCUT2D eigenvalue weighted by Gasteiger charge is 2.13. The largest absolute Gasteiger partial charge is 0.504 e. The van der Waals surface area contributed by atoms with Crippen molar-refractivity contribution < 1.29 is 19.0 Å². The Hall–Kier alpha value is -3.34. The zero-order valence-corrected chi connectivity index (χ0v) is 15.6. The maximum Gasteiger partial charge on any atom is 0.216 e. The normalized spacial score (nSPS) is 10.5. The van der Waals surface area contributed by atoms with Crippen molar-refractivity contribution in [2.75, 3.05) is 6.54 Å². The Bertz CT molecular complexity index is 957. The number of phenolic OH excluding ortho intramolecular Hbond substituents is 1. The second kappa shape index (κ2) is 9.04. The number of hydrogen-bond donors (Lipinski definition) is 2. The fourth-order valence-electron chi connectivity index (χ4n) is 2.97. The average molecular weight is 379 g/mol. The Morgan fingerprint density at radius 2 is 1.86 bits per heavy atom. The first-order valence-corrected chi connectivity index (χ1v) is 9.06. The number of hydrogen-bond acceptors (Lipinski definition) is 3. The zero-order valence-electron chi connectivity index (χ0n) is 15.6. The van der Waals surface area contributed by atoms with Crippen molar-refractivity contribution in [1.82, 2.24) is 5.32 Å². The van der Waals surface area contributed by atoms with E-state index in [1.807, 2.05) is 30.3 Å². The second-order valence-electron chi connectivity index (χ2n) is 6.49. The van der Waals surface area contributed by atoms with Crippen molar-refractivity contribution in [3.8, 4) is 22.6 Å². The fraction of sp³-hybridized carbons (Fsp3) is 0.174. The maximum atomic E-state index is 13.7. The van der Waals surface area contributed by atoms with Gasteiger partial charge in [0, 0.05) is 13.5 Å². The summed E-state index contributed by atoms with van der Waals surface area (Å²) in [7, 11) is 0. The highest BCUT2D eigenvalue weighted by atomic mass is 19.1. The van der Waals surface area contributed by atoms with Crippen LogP contribution in [0.25, 0.3) is 11.1 Å². The van der Waals surface area contributed by atoms with Crippen LogP contribution in [0.2, 0.25) is 0 Å². The van der Waals surface area contributed by atoms with Gasteiger partial charge in [-0.1, -0.05) is 42.5 Å². The Kier molecular flexibility index (Phi) is 6.27. The molecule has 1 amide bonds. The van der Waals surface area contributed by atoms with E-state index in [0.717, 1.165) is 11.1 Å². The third kappa shape index (κ3) is 5.10. The smallest absolute Gasteiger partial charge is 0.216 e. The number of phenols is 1. The molecular weight excluding hydrogens is 357 g/mol. The van der Waals surface area contributed by atoms with Gasteiger partial charge in [-0.2, -0.15) is 0 Å². The Morgan fingerprint density at radius 3 is 2.57 bits per heavy atom. The first kappa shape index (κ1) is 19.4. The predicted octanol–water partition coefficient (Wildman–Crippen LogP) is 4.46. The van der Waals surface area contributed by atoms with Crippen LogP contribution in [0.4, 0.5) is 4.39 Å². The summed E-state index contributed by atoms with van der Waals surface area (Å²) in [6.45, 7) is 2.21. The average Bonchev–Trinajstić information content (AvgIpc) is 2.68. The van der Waals surface area contributed by atoms with E-state index in [-0.39, 0.29) is 17.5 Å². The van der Waals surface area contributed by atoms with E-state index in [1.165, 1.54) is 19.1 Å². The summed E-state index contributed by atoms with van der Waals surface area (Å²) in [4.78, 5) is 11.2. The molecule has 0 saturated carbocycles. The molecule has 0 aliphatic rings. The number of benzene rings is 3. The van der Waals surface area contributed by atoms with Gasteiger partial charge in [0.05, 0.1) is 0 Å². The summed E-state index contributed by atoms with van der Waals surface area (Å²) >= 11 is 0. The lowest BCUT2D eigenvalue weighted by atomic mass is 9.96. The van der Waals surface area contributed by atoms with Crippen LogP contribution in [-0.4, -0.2) is 17.6 Å². The van der Waals surface area contributed by atoms with Crippen molar-refractivity contribution in [1.29, 1.82) is 0 Å². The lowest BCUT2D eigenvalue weighted by Gasteiger charge is -2.15. The van der Waals surface area contributed by atoms with Crippen LogP contribution in [0, 0.1) is 5.82 Å². The molecule has 0 atom stereocenters. The van der Waals surface area contributed by atoms with Gasteiger partial charge in [0.15, 0.2) is 11.5 Å². The van der Waals surface area contributed by atoms with Crippen molar-refractivity contribution in [2.24, 2.45) is 0 Å². The summed E-state index contributed by atoms with van der Waals surface area (Å²) in [5, 5.41) is 13.2. The van der Waals surface area contributed by atoms with E-state index in [1.54, 1.807) is 24.3 Å². The minimum Gasteiger partial charge on any atom is -0.504 e. The molecule has 28 heavy (non-hydrogen) atoms. The van der Waals surface area contributed by atoms with Gasteiger partial charge in [0.1, 0.15) is 12.4 Å². The molecule has 5 heteroatoms. The van der Waals surface area contributed by atoms with Gasteiger partial charge in [-0.15, -0.1) is 0 Å². The first-order chi connectivity index (χ1) is 13.5. The first-order valence-electron chi connectivity index (χ1n) is 9.06. The molecule has 0 heterocycles. The van der Waals surface area contributed by atoms with Gasteiger partial charge in [-0.05, 0) is 52.9 Å². The number of carbonyl (C=O) groups is 1. The molecule has 144 valence electrons. The summed E-state index contributed by atoms with van der Waals surface area (Å²) < 4.78 is 19.5. The van der Waals surface area contributed by atoms with Crippen LogP contribution in [0.15, 0.2) is 66.7 Å². The van der Waals surface area contributed by atoms with E-state index in [9.17, 15) is 14.3 Å². The van der Waals surface area contributed by atoms with E-state index < -0.39 is 0 Å². The molecule has 0 saturated heterocycles. The highest BCUT2D eigenvalue weighted by molar-refractivity contribution is 5.73. The third-order valence-corrected chi connectivity index (χ3v) is 4.33. The molecule has 3 aromatic rings. The van der Waals surface area contributed by atoms with Gasteiger partial charge in [0.25, 0.3) is 0 Å². The predicted molar refractivity (Wildman–Crippen MR) is 107 cm³/mol. The summed E-state index contributed by atoms with van der Waals surface area (Å²) in [6.07, 6.45) is 0.521. The summed E-state index contributed by atoms with van der Waals surface area (Å²) in [5.74, 6) is -0.138. The van der Waals surface area contributed by atoms with Crippen molar-refractivity contribution in [2.45, 2.75) is 20.0 Å². The molecule has 0 bridgehead atoms. The van der Waals surface area contributed by atoms with Gasteiger partial charge in [0.2, 0.25) is 5.91 Å². The number of carbonyl (C=O) groups excluding carboxylic acids is 1. The third-order valence-electron chi connectivity index (χ3n) is 4.33. The molecule has 3 aromatic carbocycles. The summed E-state index contributed by atoms with van der Waals surface area (Å²) in [5.41, 5.74) is 3.19. The van der Waals surface area contributed by atoms with Crippen LogP contribution in [-0.2, 0) is 17.8 Å². The van der Waals surface area contributed by atoms with Crippen molar-refractivity contribution in [3.05, 3.63) is 83.7 Å². The van der Waals surface area contributed by atoms with Gasteiger partial charge in [-0.25, -0.2) is 4.39 Å². The number of rotatable bonds is 7. The maximum absolute atomic E-state index is 13.7. The van der Waals surface area contributed by atoms with Crippen LogP contribution in [0.5, 0.6) is 11.5 Å². The van der Waals surface area contributed by atoms with Crippen LogP contribution < -0.4 is 10.1 Å². The highest BCUT2D eigenvalue weighted by Crippen LogP contribution is 2.36. The minimum atomic E-state index is -0.353. The molecule has 3 rings (SSSR count). The molecular formula is C23H22FNO3. The Morgan fingerprint density at radius 1 is 1.07 bits per heavy atom. The quantitative estimate of drug-likeness (QED) is 0.637. The van der Waals surface area contributed by atoms with Crippen LogP contribution in [0.3, 0.4) is 0 Å². The number of ether oxygens (including phenoxy) is 1. The number of amides is 1. The van der Waals surface area contributed by atoms with Gasteiger partial charge in [-0.3, -0.25) is 4.79 Å². The minimum absolute atomic E-state index is 0.0153. The molecule has 2 N–H and O–H groups in total. The Balaban J connectivity index is 1.90. The standard InChI is InChI=1S/C23H22FNO3/c1-16(26)25-11-10-19-13-23(28-15-17-6-3-2-4-7-17)22(27)14-21(19)18-8-5-9-20(24)12-18/h2-9,12-14,27H,10-11,15H2,1H3,(H,25,26). The monoisotopic (exact) mass is 379 g/mol. The lowest BCUT2D eigenvalue weighted by Crippen LogP contribution is -2.22.